The van der Waals surface area contributed by atoms with Crippen LogP contribution in [0.2, 0.25) is 5.02 Å². The zero-order valence-electron chi connectivity index (χ0n) is 9.57. The first-order chi connectivity index (χ1) is 7.37. The van der Waals surface area contributed by atoms with Crippen molar-refractivity contribution in [3.63, 3.8) is 0 Å². The molecule has 0 atom stereocenters. The van der Waals surface area contributed by atoms with Crippen LogP contribution in [0.5, 0.6) is 0 Å². The van der Waals surface area contributed by atoms with E-state index in [0.717, 1.165) is 5.52 Å². The summed E-state index contributed by atoms with van der Waals surface area (Å²) in [7, 11) is 0. The summed E-state index contributed by atoms with van der Waals surface area (Å²) < 4.78 is 1.70. The molecule has 0 amide bonds. The molecule has 86 valence electrons. The lowest BCUT2D eigenvalue weighted by Crippen LogP contribution is -2.30. The van der Waals surface area contributed by atoms with Crippen LogP contribution in [0, 0.1) is 10.6 Å². The first-order valence-electron chi connectivity index (χ1n) is 5.13. The number of halogens is 1. The van der Waals surface area contributed by atoms with E-state index in [-0.39, 0.29) is 5.41 Å². The normalized spacial score (nSPS) is 12.2. The van der Waals surface area contributed by atoms with Gasteiger partial charge in [0, 0.05) is 16.5 Å². The van der Waals surface area contributed by atoms with E-state index in [1.807, 2.05) is 0 Å². The Bertz CT molecular complexity index is 528. The highest BCUT2D eigenvalue weighted by Gasteiger charge is 2.21. The minimum atomic E-state index is 0.0638. The first-order valence-corrected chi connectivity index (χ1v) is 5.50. The number of aromatic nitrogens is 3. The molecular formula is C11H14ClN3O. The molecule has 5 heteroatoms. The molecular weight excluding hydrogens is 226 g/mol. The van der Waals surface area contributed by atoms with Crippen LogP contribution in [-0.2, 0) is 6.54 Å². The molecule has 0 N–H and O–H groups in total. The van der Waals surface area contributed by atoms with Crippen molar-refractivity contribution in [2.75, 3.05) is 0 Å². The van der Waals surface area contributed by atoms with Crippen LogP contribution in [0.3, 0.4) is 0 Å². The van der Waals surface area contributed by atoms with Gasteiger partial charge >= 0.3 is 0 Å². The van der Waals surface area contributed by atoms with Crippen LogP contribution in [-0.4, -0.2) is 9.90 Å². The molecule has 0 saturated carbocycles. The standard InChI is InChI=1S/C11H14ClN3O/c1-11(2,3)7-14-10-6-8(12)4-5-9(10)15(16)13-14/h4-6H,7H2,1-3H3. The molecule has 4 nitrogen and oxygen atoms in total. The van der Waals surface area contributed by atoms with Gasteiger partial charge in [-0.1, -0.05) is 32.4 Å². The van der Waals surface area contributed by atoms with Crippen molar-refractivity contribution in [1.82, 2.24) is 9.90 Å². The molecule has 0 aliphatic heterocycles. The summed E-state index contributed by atoms with van der Waals surface area (Å²) >= 11 is 5.92. The van der Waals surface area contributed by atoms with E-state index in [1.165, 1.54) is 0 Å². The SMILES string of the molecule is CC(C)(C)Cn1n[n+]([O-])c2ccc(Cl)cc21. The highest BCUT2D eigenvalue weighted by Crippen LogP contribution is 2.21. The third kappa shape index (κ3) is 2.11. The van der Waals surface area contributed by atoms with E-state index in [4.69, 9.17) is 11.6 Å². The summed E-state index contributed by atoms with van der Waals surface area (Å²) in [5, 5.41) is 16.1. The van der Waals surface area contributed by atoms with Crippen LogP contribution >= 0.6 is 11.6 Å². The smallest absolute Gasteiger partial charge is 0.202 e. The number of benzene rings is 1. The molecule has 2 aromatic rings. The quantitative estimate of drug-likeness (QED) is 0.567. The Kier molecular flexibility index (Phi) is 2.54. The van der Waals surface area contributed by atoms with Crippen molar-refractivity contribution in [1.29, 1.82) is 0 Å². The summed E-state index contributed by atoms with van der Waals surface area (Å²) in [4.78, 5) is 0.636. The van der Waals surface area contributed by atoms with E-state index in [9.17, 15) is 5.21 Å². The molecule has 0 fully saturated rings. The van der Waals surface area contributed by atoms with Crippen molar-refractivity contribution >= 4 is 22.6 Å². The number of hydrogen-bond donors (Lipinski definition) is 0. The molecule has 1 aromatic carbocycles. The van der Waals surface area contributed by atoms with Gasteiger partial charge in [0.2, 0.25) is 5.52 Å². The molecule has 1 heterocycles. The Hall–Kier alpha value is -1.29. The van der Waals surface area contributed by atoms with Crippen LogP contribution in [0.1, 0.15) is 20.8 Å². The van der Waals surface area contributed by atoms with Crippen LogP contribution < -0.4 is 4.85 Å². The maximum Gasteiger partial charge on any atom is 0.202 e. The maximum absolute atomic E-state index is 11.5. The summed E-state index contributed by atoms with van der Waals surface area (Å²) in [6.45, 7) is 6.97. The van der Waals surface area contributed by atoms with Crippen LogP contribution in [0.25, 0.3) is 11.0 Å². The Labute approximate surface area is 99.0 Å². The Morgan fingerprint density at radius 1 is 1.44 bits per heavy atom. The fourth-order valence-electron chi connectivity index (χ4n) is 1.63. The van der Waals surface area contributed by atoms with Crippen molar-refractivity contribution < 1.29 is 4.85 Å². The van der Waals surface area contributed by atoms with Crippen molar-refractivity contribution in [3.05, 3.63) is 28.4 Å². The summed E-state index contributed by atoms with van der Waals surface area (Å²) in [6, 6.07) is 5.16. The van der Waals surface area contributed by atoms with Gasteiger partial charge in [-0.25, -0.2) is 0 Å². The lowest BCUT2D eigenvalue weighted by atomic mass is 9.97. The Morgan fingerprint density at radius 3 is 2.75 bits per heavy atom. The minimum Gasteiger partial charge on any atom is -0.691 e. The molecule has 16 heavy (non-hydrogen) atoms. The second-order valence-electron chi connectivity index (χ2n) is 5.11. The lowest BCUT2D eigenvalue weighted by molar-refractivity contribution is -0.646. The molecule has 0 bridgehead atoms. The fourth-order valence-corrected chi connectivity index (χ4v) is 1.79. The van der Waals surface area contributed by atoms with Crippen molar-refractivity contribution in [2.24, 2.45) is 5.41 Å². The van der Waals surface area contributed by atoms with Gasteiger partial charge in [0.15, 0.2) is 5.52 Å². The molecule has 1 aromatic heterocycles. The van der Waals surface area contributed by atoms with Crippen LogP contribution in [0.15, 0.2) is 18.2 Å². The highest BCUT2D eigenvalue weighted by molar-refractivity contribution is 6.31. The summed E-state index contributed by atoms with van der Waals surface area (Å²) in [6.07, 6.45) is 0. The monoisotopic (exact) mass is 239 g/mol. The van der Waals surface area contributed by atoms with Crippen molar-refractivity contribution in [3.8, 4) is 0 Å². The third-order valence-electron chi connectivity index (χ3n) is 2.23. The predicted octanol–water partition coefficient (Wildman–Crippen LogP) is 2.37. The van der Waals surface area contributed by atoms with E-state index < -0.39 is 0 Å². The average molecular weight is 240 g/mol. The molecule has 0 aliphatic carbocycles. The summed E-state index contributed by atoms with van der Waals surface area (Å²) in [5.41, 5.74) is 1.39. The van der Waals surface area contributed by atoms with Gasteiger partial charge in [-0.2, -0.15) is 0 Å². The lowest BCUT2D eigenvalue weighted by Gasteiger charge is -2.13. The van der Waals surface area contributed by atoms with E-state index in [1.54, 1.807) is 22.9 Å². The minimum absolute atomic E-state index is 0.0638. The number of hydrogen-bond acceptors (Lipinski definition) is 2. The summed E-state index contributed by atoms with van der Waals surface area (Å²) in [5.74, 6) is 0. The highest BCUT2D eigenvalue weighted by atomic mass is 35.5. The van der Waals surface area contributed by atoms with Gasteiger partial charge in [-0.3, -0.25) is 0 Å². The third-order valence-corrected chi connectivity index (χ3v) is 2.47. The van der Waals surface area contributed by atoms with E-state index >= 15 is 0 Å². The van der Waals surface area contributed by atoms with Gasteiger partial charge < -0.3 is 5.21 Å². The van der Waals surface area contributed by atoms with Gasteiger partial charge in [-0.15, -0.1) is 9.53 Å². The zero-order valence-corrected chi connectivity index (χ0v) is 10.3. The second kappa shape index (κ2) is 3.63. The largest absolute Gasteiger partial charge is 0.691 e. The van der Waals surface area contributed by atoms with Gasteiger partial charge in [-0.05, 0) is 12.1 Å². The van der Waals surface area contributed by atoms with E-state index in [0.29, 0.717) is 21.9 Å². The number of rotatable bonds is 1. The van der Waals surface area contributed by atoms with Crippen molar-refractivity contribution in [2.45, 2.75) is 27.3 Å². The second-order valence-corrected chi connectivity index (χ2v) is 5.55. The number of nitrogens with zero attached hydrogens (tertiary/aromatic N) is 3. The van der Waals surface area contributed by atoms with Gasteiger partial charge in [0.25, 0.3) is 0 Å². The average Bonchev–Trinajstić information content (AvgIpc) is 2.40. The Balaban J connectivity index is 2.57. The first kappa shape index (κ1) is 11.2. The molecule has 0 aliphatic rings. The van der Waals surface area contributed by atoms with Gasteiger partial charge in [0.1, 0.15) is 6.54 Å². The Morgan fingerprint density at radius 2 is 2.12 bits per heavy atom. The molecule has 0 saturated heterocycles. The molecule has 2 rings (SSSR count). The molecule has 0 unspecified atom stereocenters. The number of fused-ring (bicyclic) bond motifs is 1. The fraction of sp³-hybridized carbons (Fsp3) is 0.455. The van der Waals surface area contributed by atoms with Crippen LogP contribution in [0.4, 0.5) is 0 Å². The topological polar surface area (TPSA) is 44.8 Å². The van der Waals surface area contributed by atoms with E-state index in [2.05, 4.69) is 26.0 Å². The predicted molar refractivity (Wildman–Crippen MR) is 63.2 cm³/mol. The zero-order chi connectivity index (χ0) is 11.9. The maximum atomic E-state index is 11.5. The molecule has 0 spiro atoms. The van der Waals surface area contributed by atoms with Gasteiger partial charge in [0.05, 0.1) is 5.21 Å². The molecule has 0 radical (unpaired) electrons.